The first-order valence-corrected chi connectivity index (χ1v) is 16.3. The minimum Gasteiger partial charge on any atom is -0.447 e. The van der Waals surface area contributed by atoms with Gasteiger partial charge in [-0.3, -0.25) is 14.5 Å². The SMILES string of the molecule is C[C@@H](NC(=O)OC[C@@H]1[C@@H](Cc2ccnc(NC(=O)C(F)(F)F)c2)C(=O)N1C(=O)N[C@H](C)c1cccc2ccccc12)c1cccc2ccccc12. The summed E-state index contributed by atoms with van der Waals surface area (Å²) in [5.41, 5.74) is 2.09. The topological polar surface area (TPSA) is 130 Å². The fraction of sp³-hybridized carbons (Fsp3) is 0.237. The highest BCUT2D eigenvalue weighted by Crippen LogP contribution is 2.33. The zero-order valence-corrected chi connectivity index (χ0v) is 27.6. The van der Waals surface area contributed by atoms with Crippen molar-refractivity contribution in [1.29, 1.82) is 0 Å². The van der Waals surface area contributed by atoms with Gasteiger partial charge in [-0.25, -0.2) is 14.6 Å². The highest BCUT2D eigenvalue weighted by molar-refractivity contribution is 6.02. The zero-order valence-electron chi connectivity index (χ0n) is 27.6. The number of carbonyl (C=O) groups is 4. The maximum atomic E-state index is 13.6. The first kappa shape index (κ1) is 34.9. The highest BCUT2D eigenvalue weighted by atomic mass is 19.4. The second-order valence-electron chi connectivity index (χ2n) is 12.4. The van der Waals surface area contributed by atoms with Crippen LogP contribution in [0, 0.1) is 5.92 Å². The summed E-state index contributed by atoms with van der Waals surface area (Å²) in [5, 5.41) is 11.3. The second-order valence-corrected chi connectivity index (χ2v) is 12.4. The number of alkyl carbamates (subject to hydrolysis) is 1. The number of ether oxygens (including phenoxy) is 1. The molecule has 1 aliphatic rings. The lowest BCUT2D eigenvalue weighted by Gasteiger charge is -2.45. The summed E-state index contributed by atoms with van der Waals surface area (Å²) in [6, 6.07) is 27.1. The third-order valence-corrected chi connectivity index (χ3v) is 8.99. The Bertz CT molecular complexity index is 2110. The lowest BCUT2D eigenvalue weighted by Crippen LogP contribution is -2.67. The van der Waals surface area contributed by atoms with E-state index in [-0.39, 0.29) is 18.8 Å². The van der Waals surface area contributed by atoms with E-state index in [0.29, 0.717) is 5.56 Å². The van der Waals surface area contributed by atoms with E-state index in [2.05, 4.69) is 15.6 Å². The van der Waals surface area contributed by atoms with Gasteiger partial charge in [0, 0.05) is 6.20 Å². The number of amides is 5. The number of aromatic nitrogens is 1. The Morgan fingerprint density at radius 2 is 1.39 bits per heavy atom. The van der Waals surface area contributed by atoms with Gasteiger partial charge in [0.15, 0.2) is 0 Å². The van der Waals surface area contributed by atoms with E-state index in [0.717, 1.165) is 37.6 Å². The maximum Gasteiger partial charge on any atom is 0.471 e. The number of likely N-dealkylation sites (tertiary alicyclic amines) is 1. The molecule has 0 bridgehead atoms. The highest BCUT2D eigenvalue weighted by Gasteiger charge is 2.51. The number of alkyl halides is 3. The Balaban J connectivity index is 1.18. The lowest BCUT2D eigenvalue weighted by molar-refractivity contribution is -0.167. The van der Waals surface area contributed by atoms with Crippen LogP contribution in [0.2, 0.25) is 0 Å². The van der Waals surface area contributed by atoms with Crippen molar-refractivity contribution < 1.29 is 37.1 Å². The van der Waals surface area contributed by atoms with E-state index >= 15 is 0 Å². The Kier molecular flexibility index (Phi) is 9.90. The normalized spacial score (nSPS) is 17.0. The van der Waals surface area contributed by atoms with Crippen molar-refractivity contribution in [2.45, 2.75) is 44.6 Å². The van der Waals surface area contributed by atoms with Crippen molar-refractivity contribution in [2.75, 3.05) is 11.9 Å². The third-order valence-electron chi connectivity index (χ3n) is 8.99. The van der Waals surface area contributed by atoms with Crippen LogP contribution in [0.3, 0.4) is 0 Å². The van der Waals surface area contributed by atoms with Gasteiger partial charge in [-0.1, -0.05) is 84.9 Å². The molecule has 1 saturated heterocycles. The molecule has 13 heteroatoms. The summed E-state index contributed by atoms with van der Waals surface area (Å²) in [6.45, 7) is 3.26. The average Bonchev–Trinajstić information content (AvgIpc) is 3.11. The van der Waals surface area contributed by atoms with Crippen LogP contribution in [-0.2, 0) is 20.7 Å². The quantitative estimate of drug-likeness (QED) is 0.140. The van der Waals surface area contributed by atoms with Crippen molar-refractivity contribution in [3.05, 3.63) is 120 Å². The molecule has 4 atom stereocenters. The van der Waals surface area contributed by atoms with Gasteiger partial charge in [-0.2, -0.15) is 13.2 Å². The number of hydrogen-bond acceptors (Lipinski definition) is 6. The van der Waals surface area contributed by atoms with Crippen molar-refractivity contribution in [3.8, 4) is 0 Å². The molecule has 1 aliphatic heterocycles. The van der Waals surface area contributed by atoms with Crippen LogP contribution in [0.4, 0.5) is 28.6 Å². The number of nitrogens with one attached hydrogen (secondary N) is 3. The van der Waals surface area contributed by atoms with E-state index in [1.807, 2.05) is 91.9 Å². The predicted molar refractivity (Wildman–Crippen MR) is 184 cm³/mol. The third kappa shape index (κ3) is 7.62. The summed E-state index contributed by atoms with van der Waals surface area (Å²) >= 11 is 0. The number of halogens is 3. The van der Waals surface area contributed by atoms with Gasteiger partial charge < -0.3 is 20.7 Å². The number of β-lactam (4-membered cyclic amide) rings is 1. The van der Waals surface area contributed by atoms with Crippen molar-refractivity contribution in [3.63, 3.8) is 0 Å². The Labute approximate surface area is 291 Å². The molecule has 51 heavy (non-hydrogen) atoms. The summed E-state index contributed by atoms with van der Waals surface area (Å²) in [7, 11) is 0. The van der Waals surface area contributed by atoms with Crippen LogP contribution < -0.4 is 16.0 Å². The number of pyridine rings is 1. The monoisotopic (exact) mass is 697 g/mol. The molecule has 0 saturated carbocycles. The number of anilines is 1. The van der Waals surface area contributed by atoms with Gasteiger partial charge in [0.05, 0.1) is 24.0 Å². The molecule has 2 heterocycles. The molecule has 0 aliphatic carbocycles. The fourth-order valence-electron chi connectivity index (χ4n) is 6.43. The average molecular weight is 698 g/mol. The second kappa shape index (κ2) is 14.5. The molecule has 0 spiro atoms. The summed E-state index contributed by atoms with van der Waals surface area (Å²) in [5.74, 6) is -3.98. The van der Waals surface area contributed by atoms with Crippen LogP contribution in [0.25, 0.3) is 21.5 Å². The maximum absolute atomic E-state index is 13.6. The number of hydrogen-bond donors (Lipinski definition) is 3. The Hall–Kier alpha value is -5.98. The van der Waals surface area contributed by atoms with Crippen LogP contribution in [0.1, 0.15) is 42.6 Å². The molecule has 10 nitrogen and oxygen atoms in total. The molecule has 6 rings (SSSR count). The van der Waals surface area contributed by atoms with E-state index in [4.69, 9.17) is 4.74 Å². The van der Waals surface area contributed by atoms with Gasteiger partial charge >= 0.3 is 24.2 Å². The molecule has 1 fully saturated rings. The minimum absolute atomic E-state index is 0.0268. The van der Waals surface area contributed by atoms with E-state index in [9.17, 15) is 32.3 Å². The van der Waals surface area contributed by atoms with Crippen molar-refractivity contribution in [2.24, 2.45) is 5.92 Å². The number of fused-ring (bicyclic) bond motifs is 2. The summed E-state index contributed by atoms with van der Waals surface area (Å²) in [6.07, 6.45) is -4.71. The minimum atomic E-state index is -5.12. The molecule has 3 N–H and O–H groups in total. The smallest absolute Gasteiger partial charge is 0.447 e. The van der Waals surface area contributed by atoms with Gasteiger partial charge in [0.1, 0.15) is 12.4 Å². The van der Waals surface area contributed by atoms with E-state index in [1.165, 1.54) is 18.3 Å². The van der Waals surface area contributed by atoms with Gasteiger partial charge in [0.2, 0.25) is 5.91 Å². The number of urea groups is 1. The van der Waals surface area contributed by atoms with Crippen LogP contribution in [0.5, 0.6) is 0 Å². The fourth-order valence-corrected chi connectivity index (χ4v) is 6.43. The molecule has 262 valence electrons. The molecule has 4 aromatic carbocycles. The number of carbonyl (C=O) groups excluding carboxylic acids is 4. The van der Waals surface area contributed by atoms with Crippen LogP contribution >= 0.6 is 0 Å². The molecule has 5 aromatic rings. The lowest BCUT2D eigenvalue weighted by atomic mass is 9.83. The standard InChI is InChI=1S/C38H34F3N5O5/c1-22(27-15-7-11-25-9-3-5-13-29(25)27)43-36(49)46-32(21-51-37(50)44-23(2)28-16-8-12-26-10-4-6-14-30(26)28)31(34(46)47)19-24-17-18-42-33(20-24)45-35(48)38(39,40)41/h3-18,20,22-23,31-32H,19,21H2,1-2H3,(H,43,49)(H,44,50)(H,42,45,48)/t22-,23-,31-,32-/m1/s1. The Morgan fingerprint density at radius 1 is 0.824 bits per heavy atom. The van der Waals surface area contributed by atoms with E-state index < -0.39 is 54.2 Å². The molecule has 0 radical (unpaired) electrons. The number of nitrogens with zero attached hydrogens (tertiary/aromatic N) is 2. The predicted octanol–water partition coefficient (Wildman–Crippen LogP) is 7.22. The summed E-state index contributed by atoms with van der Waals surface area (Å²) in [4.78, 5) is 56.5. The van der Waals surface area contributed by atoms with Crippen LogP contribution in [-0.4, -0.2) is 52.6 Å². The van der Waals surface area contributed by atoms with Gasteiger partial charge in [-0.15, -0.1) is 0 Å². The molecular formula is C38H34F3N5O5. The largest absolute Gasteiger partial charge is 0.471 e. The van der Waals surface area contributed by atoms with Crippen molar-refractivity contribution >= 4 is 51.3 Å². The Morgan fingerprint density at radius 3 is 2.00 bits per heavy atom. The van der Waals surface area contributed by atoms with Crippen LogP contribution in [0.15, 0.2) is 103 Å². The van der Waals surface area contributed by atoms with Gasteiger partial charge in [0.25, 0.3) is 0 Å². The number of imide groups is 1. The molecule has 0 unspecified atom stereocenters. The molecular weight excluding hydrogens is 663 g/mol. The number of rotatable bonds is 9. The zero-order chi connectivity index (χ0) is 36.3. The van der Waals surface area contributed by atoms with Crippen molar-refractivity contribution in [1.82, 2.24) is 20.5 Å². The van der Waals surface area contributed by atoms with Gasteiger partial charge in [-0.05, 0) is 70.6 Å². The first-order chi connectivity index (χ1) is 24.4. The number of benzene rings is 4. The van der Waals surface area contributed by atoms with E-state index in [1.54, 1.807) is 12.2 Å². The summed E-state index contributed by atoms with van der Waals surface area (Å²) < 4.78 is 44.1. The molecule has 5 amide bonds. The molecule has 1 aromatic heterocycles. The first-order valence-electron chi connectivity index (χ1n) is 16.3.